The molecule has 0 radical (unpaired) electrons. The van der Waals surface area contributed by atoms with Gasteiger partial charge in [0.2, 0.25) is 0 Å². The maximum atomic E-state index is 12.6. The topological polar surface area (TPSA) is 49.3 Å². The van der Waals surface area contributed by atoms with E-state index in [9.17, 15) is 4.79 Å². The minimum absolute atomic E-state index is 0.0290. The summed E-state index contributed by atoms with van der Waals surface area (Å²) in [6, 6.07) is 0.558. The molecule has 0 spiro atoms. The zero-order valence-electron chi connectivity index (χ0n) is 14.4. The molecule has 1 aromatic rings. The van der Waals surface area contributed by atoms with Gasteiger partial charge in [0, 0.05) is 25.7 Å². The number of rotatable bonds is 3. The van der Waals surface area contributed by atoms with Crippen LogP contribution in [0.4, 0.5) is 5.82 Å². The van der Waals surface area contributed by atoms with Crippen LogP contribution < -0.4 is 4.90 Å². The Labute approximate surface area is 139 Å². The van der Waals surface area contributed by atoms with Crippen LogP contribution in [0.3, 0.4) is 0 Å². The van der Waals surface area contributed by atoms with Gasteiger partial charge >= 0.3 is 0 Å². The molecular weight excluding hydrogens is 288 g/mol. The molecule has 1 amide bonds. The van der Waals surface area contributed by atoms with Crippen molar-refractivity contribution in [3.05, 3.63) is 18.1 Å². The molecule has 2 saturated heterocycles. The summed E-state index contributed by atoms with van der Waals surface area (Å²) < 4.78 is 0. The van der Waals surface area contributed by atoms with Crippen LogP contribution in [-0.4, -0.2) is 46.5 Å². The molecule has 2 aliphatic heterocycles. The Morgan fingerprint density at radius 1 is 1.17 bits per heavy atom. The fourth-order valence-corrected chi connectivity index (χ4v) is 3.84. The third kappa shape index (κ3) is 3.65. The van der Waals surface area contributed by atoms with Gasteiger partial charge in [-0.25, -0.2) is 9.97 Å². The summed E-state index contributed by atoms with van der Waals surface area (Å²) in [5, 5.41) is 0. The summed E-state index contributed by atoms with van der Waals surface area (Å²) in [5.74, 6) is 1.53. The molecule has 0 N–H and O–H groups in total. The van der Waals surface area contributed by atoms with E-state index < -0.39 is 0 Å². The molecule has 5 heteroatoms. The lowest BCUT2D eigenvalue weighted by molar-refractivity contribution is 0.0676. The molecule has 2 aliphatic rings. The summed E-state index contributed by atoms with van der Waals surface area (Å²) in [5.41, 5.74) is 0.480. The molecule has 3 heterocycles. The smallest absolute Gasteiger partial charge is 0.274 e. The van der Waals surface area contributed by atoms with Crippen LogP contribution in [0.2, 0.25) is 0 Å². The van der Waals surface area contributed by atoms with Crippen LogP contribution in [0.25, 0.3) is 0 Å². The van der Waals surface area contributed by atoms with Gasteiger partial charge in [-0.05, 0) is 44.4 Å². The van der Waals surface area contributed by atoms with E-state index >= 15 is 0 Å². The Kier molecular flexibility index (Phi) is 5.13. The van der Waals surface area contributed by atoms with Crippen LogP contribution in [0.1, 0.15) is 62.9 Å². The first-order valence-corrected chi connectivity index (χ1v) is 9.07. The van der Waals surface area contributed by atoms with Crippen molar-refractivity contribution >= 4 is 11.7 Å². The van der Waals surface area contributed by atoms with E-state index in [2.05, 4.69) is 28.7 Å². The molecule has 23 heavy (non-hydrogen) atoms. The highest BCUT2D eigenvalue weighted by atomic mass is 16.2. The lowest BCUT2D eigenvalue weighted by Crippen LogP contribution is -2.40. The fraction of sp³-hybridized carbons (Fsp3) is 0.722. The second-order valence-corrected chi connectivity index (χ2v) is 7.01. The minimum Gasteiger partial charge on any atom is -0.352 e. The van der Waals surface area contributed by atoms with Crippen LogP contribution in [0.5, 0.6) is 0 Å². The van der Waals surface area contributed by atoms with Crippen molar-refractivity contribution in [1.29, 1.82) is 0 Å². The van der Waals surface area contributed by atoms with Crippen molar-refractivity contribution in [2.75, 3.05) is 24.5 Å². The number of amides is 1. The van der Waals surface area contributed by atoms with E-state index in [-0.39, 0.29) is 5.91 Å². The van der Waals surface area contributed by atoms with Gasteiger partial charge in [-0.15, -0.1) is 0 Å². The molecule has 2 atom stereocenters. The van der Waals surface area contributed by atoms with Crippen molar-refractivity contribution in [2.24, 2.45) is 5.92 Å². The third-order valence-corrected chi connectivity index (χ3v) is 5.19. The van der Waals surface area contributed by atoms with Crippen LogP contribution in [0.15, 0.2) is 12.4 Å². The van der Waals surface area contributed by atoms with Gasteiger partial charge < -0.3 is 9.80 Å². The Hall–Kier alpha value is -1.65. The number of nitrogens with zero attached hydrogens (tertiary/aromatic N) is 4. The highest BCUT2D eigenvalue weighted by molar-refractivity contribution is 5.92. The number of piperidine rings is 2. The minimum atomic E-state index is 0.0290. The van der Waals surface area contributed by atoms with Gasteiger partial charge in [0.05, 0.1) is 12.4 Å². The van der Waals surface area contributed by atoms with Gasteiger partial charge in [0.1, 0.15) is 11.5 Å². The number of hydrogen-bond donors (Lipinski definition) is 0. The largest absolute Gasteiger partial charge is 0.352 e. The molecule has 0 aromatic carbocycles. The summed E-state index contributed by atoms with van der Waals surface area (Å²) in [6.07, 6.45) is 10.6. The summed E-state index contributed by atoms with van der Waals surface area (Å²) in [7, 11) is 0. The number of likely N-dealkylation sites (tertiary alicyclic amines) is 1. The predicted octanol–water partition coefficient (Wildman–Crippen LogP) is 3.12. The SMILES string of the molecule is CCC1CCCCN1c1cnc(C(=O)N2CCCC(C)C2)cn1. The lowest BCUT2D eigenvalue weighted by atomic mass is 10.00. The normalized spacial score (nSPS) is 25.5. The Bertz CT molecular complexity index is 530. The second kappa shape index (κ2) is 7.28. The van der Waals surface area contributed by atoms with Crippen LogP contribution in [0, 0.1) is 5.92 Å². The van der Waals surface area contributed by atoms with Gasteiger partial charge in [-0.3, -0.25) is 4.79 Å². The molecule has 5 nitrogen and oxygen atoms in total. The van der Waals surface area contributed by atoms with E-state index in [0.29, 0.717) is 17.7 Å². The quantitative estimate of drug-likeness (QED) is 0.859. The van der Waals surface area contributed by atoms with Crippen molar-refractivity contribution in [3.63, 3.8) is 0 Å². The standard InChI is InChI=1S/C18H28N4O/c1-3-15-8-4-5-10-22(15)17-12-19-16(11-20-17)18(23)21-9-6-7-14(2)13-21/h11-12,14-15H,3-10,13H2,1-2H3. The third-order valence-electron chi connectivity index (χ3n) is 5.19. The first kappa shape index (κ1) is 16.2. The Morgan fingerprint density at radius 2 is 2.04 bits per heavy atom. The van der Waals surface area contributed by atoms with Gasteiger partial charge in [-0.2, -0.15) is 0 Å². The lowest BCUT2D eigenvalue weighted by Gasteiger charge is -2.36. The van der Waals surface area contributed by atoms with Crippen molar-refractivity contribution < 1.29 is 4.79 Å². The number of carbonyl (C=O) groups excluding carboxylic acids is 1. The van der Waals surface area contributed by atoms with Gasteiger partial charge in [-0.1, -0.05) is 13.8 Å². The number of carbonyl (C=O) groups is 1. The molecule has 0 bridgehead atoms. The van der Waals surface area contributed by atoms with Gasteiger partial charge in [0.15, 0.2) is 0 Å². The maximum absolute atomic E-state index is 12.6. The van der Waals surface area contributed by atoms with E-state index in [1.54, 1.807) is 12.4 Å². The average molecular weight is 316 g/mol. The zero-order chi connectivity index (χ0) is 16.2. The van der Waals surface area contributed by atoms with Crippen molar-refractivity contribution in [3.8, 4) is 0 Å². The number of anilines is 1. The molecule has 1 aromatic heterocycles. The molecule has 3 rings (SSSR count). The highest BCUT2D eigenvalue weighted by Gasteiger charge is 2.25. The van der Waals surface area contributed by atoms with Crippen LogP contribution >= 0.6 is 0 Å². The van der Waals surface area contributed by atoms with E-state index in [4.69, 9.17) is 0 Å². The van der Waals surface area contributed by atoms with E-state index in [1.807, 2.05) is 4.90 Å². The molecule has 0 saturated carbocycles. The first-order valence-electron chi connectivity index (χ1n) is 9.07. The Morgan fingerprint density at radius 3 is 2.74 bits per heavy atom. The number of hydrogen-bond acceptors (Lipinski definition) is 4. The fourth-order valence-electron chi connectivity index (χ4n) is 3.84. The highest BCUT2D eigenvalue weighted by Crippen LogP contribution is 2.24. The molecule has 0 aliphatic carbocycles. The number of aromatic nitrogens is 2. The van der Waals surface area contributed by atoms with E-state index in [0.717, 1.165) is 38.3 Å². The molecule has 2 fully saturated rings. The van der Waals surface area contributed by atoms with Gasteiger partial charge in [0.25, 0.3) is 5.91 Å². The van der Waals surface area contributed by atoms with Crippen molar-refractivity contribution in [1.82, 2.24) is 14.9 Å². The van der Waals surface area contributed by atoms with Crippen LogP contribution in [-0.2, 0) is 0 Å². The maximum Gasteiger partial charge on any atom is 0.274 e. The van der Waals surface area contributed by atoms with E-state index in [1.165, 1.54) is 25.7 Å². The first-order chi connectivity index (χ1) is 11.2. The monoisotopic (exact) mass is 316 g/mol. The zero-order valence-corrected chi connectivity index (χ0v) is 14.4. The average Bonchev–Trinajstić information content (AvgIpc) is 2.61. The molecule has 126 valence electrons. The summed E-state index contributed by atoms with van der Waals surface area (Å²) in [4.78, 5) is 25.8. The molecule has 2 unspecified atom stereocenters. The molecular formula is C18H28N4O. The predicted molar refractivity (Wildman–Crippen MR) is 91.6 cm³/mol. The summed E-state index contributed by atoms with van der Waals surface area (Å²) in [6.45, 7) is 7.16. The Balaban J connectivity index is 1.70. The second-order valence-electron chi connectivity index (χ2n) is 7.01. The summed E-state index contributed by atoms with van der Waals surface area (Å²) >= 11 is 0. The van der Waals surface area contributed by atoms with Crippen molar-refractivity contribution in [2.45, 2.75) is 58.4 Å².